The molecule has 0 radical (unpaired) electrons. The largest absolute Gasteiger partial charge is 0.497 e. The molecule has 2 amide bonds. The number of carbonyl (C=O) groups excluding carboxylic acids is 2. The second-order valence-corrected chi connectivity index (χ2v) is 7.63. The Balaban J connectivity index is 1.51. The van der Waals surface area contributed by atoms with Crippen LogP contribution in [-0.4, -0.2) is 41.9 Å². The molecular weight excluding hydrogens is 378 g/mol. The van der Waals surface area contributed by atoms with E-state index in [-0.39, 0.29) is 17.7 Å². The van der Waals surface area contributed by atoms with E-state index in [0.29, 0.717) is 24.3 Å². The number of hydrogen-bond donors (Lipinski definition) is 1. The minimum atomic E-state index is -0.221. The molecule has 3 aromatic rings. The van der Waals surface area contributed by atoms with E-state index in [1.54, 1.807) is 12.0 Å². The zero-order chi connectivity index (χ0) is 21.1. The Kier molecular flexibility index (Phi) is 5.65. The maximum absolute atomic E-state index is 13.2. The van der Waals surface area contributed by atoms with Gasteiger partial charge in [0.1, 0.15) is 5.75 Å². The number of para-hydroxylation sites is 1. The maximum Gasteiger partial charge on any atom is 0.255 e. The summed E-state index contributed by atoms with van der Waals surface area (Å²) in [6.07, 6.45) is 1.58. The Morgan fingerprint density at radius 2 is 1.93 bits per heavy atom. The molecule has 1 N–H and O–H groups in total. The number of aromatic nitrogens is 1. The molecule has 2 heterocycles. The van der Waals surface area contributed by atoms with E-state index >= 15 is 0 Å². The number of nitrogens with one attached hydrogen (secondary N) is 1. The topological polar surface area (TPSA) is 71.5 Å². The predicted molar refractivity (Wildman–Crippen MR) is 117 cm³/mol. The molecule has 1 saturated heterocycles. The number of amides is 2. The Morgan fingerprint density at radius 3 is 2.70 bits per heavy atom. The molecule has 1 fully saturated rings. The highest BCUT2D eigenvalue weighted by atomic mass is 16.5. The number of hydrogen-bond acceptors (Lipinski definition) is 4. The van der Waals surface area contributed by atoms with E-state index in [9.17, 15) is 9.59 Å². The highest BCUT2D eigenvalue weighted by molar-refractivity contribution is 5.99. The van der Waals surface area contributed by atoms with Crippen LogP contribution in [0.3, 0.4) is 0 Å². The van der Waals surface area contributed by atoms with Crippen molar-refractivity contribution >= 4 is 28.4 Å². The second-order valence-electron chi connectivity index (χ2n) is 7.63. The second kappa shape index (κ2) is 8.53. The summed E-state index contributed by atoms with van der Waals surface area (Å²) in [4.78, 5) is 32.3. The number of piperidine rings is 1. The summed E-state index contributed by atoms with van der Waals surface area (Å²) in [7, 11) is 1.62. The Bertz CT molecular complexity index is 1080. The summed E-state index contributed by atoms with van der Waals surface area (Å²) in [5.74, 6) is 0.395. The molecule has 1 atom stereocenters. The van der Waals surface area contributed by atoms with E-state index in [1.165, 1.54) is 0 Å². The molecule has 0 aliphatic carbocycles. The Morgan fingerprint density at radius 1 is 1.13 bits per heavy atom. The van der Waals surface area contributed by atoms with Gasteiger partial charge in [-0.1, -0.05) is 18.2 Å². The lowest BCUT2D eigenvalue weighted by atomic mass is 9.96. The highest BCUT2D eigenvalue weighted by Gasteiger charge is 2.30. The molecule has 30 heavy (non-hydrogen) atoms. The average Bonchev–Trinajstić information content (AvgIpc) is 2.78. The van der Waals surface area contributed by atoms with Gasteiger partial charge in [0.15, 0.2) is 0 Å². The molecule has 0 bridgehead atoms. The van der Waals surface area contributed by atoms with E-state index in [0.717, 1.165) is 35.2 Å². The molecule has 6 heteroatoms. The average molecular weight is 403 g/mol. The number of anilines is 1. The molecule has 4 rings (SSSR count). The number of carbonyl (C=O) groups is 2. The Labute approximate surface area is 175 Å². The molecule has 154 valence electrons. The number of fused-ring (bicyclic) bond motifs is 1. The van der Waals surface area contributed by atoms with E-state index in [2.05, 4.69) is 10.3 Å². The van der Waals surface area contributed by atoms with E-state index < -0.39 is 0 Å². The SMILES string of the molecule is COc1ccc2cc(C(=O)N3CCC[C@@H](C(=O)Nc4ccccc4)C3)c(C)nc2c1. The van der Waals surface area contributed by atoms with Crippen molar-refractivity contribution in [2.75, 3.05) is 25.5 Å². The van der Waals surface area contributed by atoms with Gasteiger partial charge in [0.25, 0.3) is 5.91 Å². The maximum atomic E-state index is 13.2. The van der Waals surface area contributed by atoms with Crippen molar-refractivity contribution < 1.29 is 14.3 Å². The first-order valence-electron chi connectivity index (χ1n) is 10.2. The van der Waals surface area contributed by atoms with Crippen molar-refractivity contribution in [3.05, 3.63) is 65.9 Å². The number of pyridine rings is 1. The summed E-state index contributed by atoms with van der Waals surface area (Å²) in [6, 6.07) is 16.9. The zero-order valence-electron chi connectivity index (χ0n) is 17.2. The van der Waals surface area contributed by atoms with Crippen molar-refractivity contribution in [2.24, 2.45) is 5.92 Å². The van der Waals surface area contributed by atoms with Crippen LogP contribution in [0.5, 0.6) is 5.75 Å². The molecule has 0 unspecified atom stereocenters. The normalized spacial score (nSPS) is 16.3. The zero-order valence-corrected chi connectivity index (χ0v) is 17.2. The first-order chi connectivity index (χ1) is 14.5. The van der Waals surface area contributed by atoms with Crippen molar-refractivity contribution in [2.45, 2.75) is 19.8 Å². The van der Waals surface area contributed by atoms with Crippen LogP contribution in [0.15, 0.2) is 54.6 Å². The van der Waals surface area contributed by atoms with Crippen molar-refractivity contribution in [3.63, 3.8) is 0 Å². The van der Waals surface area contributed by atoms with Crippen LogP contribution in [0.4, 0.5) is 5.69 Å². The van der Waals surface area contributed by atoms with Gasteiger partial charge in [0.05, 0.1) is 29.8 Å². The van der Waals surface area contributed by atoms with Crippen molar-refractivity contribution in [1.82, 2.24) is 9.88 Å². The molecule has 1 aromatic heterocycles. The molecule has 6 nitrogen and oxygen atoms in total. The quantitative estimate of drug-likeness (QED) is 0.714. The predicted octanol–water partition coefficient (Wildman–Crippen LogP) is 4.04. The molecule has 0 spiro atoms. The number of likely N-dealkylation sites (tertiary alicyclic amines) is 1. The van der Waals surface area contributed by atoms with Gasteiger partial charge >= 0.3 is 0 Å². The monoisotopic (exact) mass is 403 g/mol. The van der Waals surface area contributed by atoms with Gasteiger partial charge in [0, 0.05) is 30.2 Å². The lowest BCUT2D eigenvalue weighted by Crippen LogP contribution is -2.44. The number of aryl methyl sites for hydroxylation is 1. The lowest BCUT2D eigenvalue weighted by Gasteiger charge is -2.32. The summed E-state index contributed by atoms with van der Waals surface area (Å²) in [5.41, 5.74) is 2.83. The third-order valence-electron chi connectivity index (χ3n) is 5.57. The van der Waals surface area contributed by atoms with Crippen LogP contribution in [0.1, 0.15) is 28.9 Å². The molecule has 0 saturated carbocycles. The van der Waals surface area contributed by atoms with Gasteiger partial charge < -0.3 is 15.0 Å². The summed E-state index contributed by atoms with van der Waals surface area (Å²) in [6.45, 7) is 2.90. The highest BCUT2D eigenvalue weighted by Crippen LogP contribution is 2.25. The molecule has 2 aromatic carbocycles. The lowest BCUT2D eigenvalue weighted by molar-refractivity contribution is -0.121. The summed E-state index contributed by atoms with van der Waals surface area (Å²) < 4.78 is 5.26. The third kappa shape index (κ3) is 4.13. The number of methoxy groups -OCH3 is 1. The van der Waals surface area contributed by atoms with Gasteiger partial charge in [0.2, 0.25) is 5.91 Å². The first kappa shape index (κ1) is 19.9. The van der Waals surface area contributed by atoms with Gasteiger partial charge in [-0.15, -0.1) is 0 Å². The van der Waals surface area contributed by atoms with Crippen LogP contribution in [-0.2, 0) is 4.79 Å². The summed E-state index contributed by atoms with van der Waals surface area (Å²) >= 11 is 0. The minimum absolute atomic E-state index is 0.0425. The fourth-order valence-corrected chi connectivity index (χ4v) is 3.90. The van der Waals surface area contributed by atoms with E-state index in [1.807, 2.05) is 61.5 Å². The fraction of sp³-hybridized carbons (Fsp3) is 0.292. The molecule has 1 aliphatic rings. The Hall–Kier alpha value is -3.41. The van der Waals surface area contributed by atoms with Crippen LogP contribution in [0.25, 0.3) is 10.9 Å². The van der Waals surface area contributed by atoms with Gasteiger partial charge in [-0.3, -0.25) is 14.6 Å². The molecular formula is C24H25N3O3. The van der Waals surface area contributed by atoms with Gasteiger partial charge in [-0.2, -0.15) is 0 Å². The standard InChI is InChI=1S/C24H25N3O3/c1-16-21(13-17-10-11-20(30-2)14-22(17)25-16)24(29)27-12-6-7-18(15-27)23(28)26-19-8-4-3-5-9-19/h3-5,8-11,13-14,18H,6-7,12,15H2,1-2H3,(H,26,28)/t18-/m1/s1. The van der Waals surface area contributed by atoms with Crippen LogP contribution < -0.4 is 10.1 Å². The van der Waals surface area contributed by atoms with Gasteiger partial charge in [-0.25, -0.2) is 0 Å². The first-order valence-corrected chi connectivity index (χ1v) is 10.2. The smallest absolute Gasteiger partial charge is 0.255 e. The number of nitrogens with zero attached hydrogens (tertiary/aromatic N) is 2. The molecule has 1 aliphatic heterocycles. The van der Waals surface area contributed by atoms with Crippen LogP contribution >= 0.6 is 0 Å². The fourth-order valence-electron chi connectivity index (χ4n) is 3.90. The summed E-state index contributed by atoms with van der Waals surface area (Å²) in [5, 5.41) is 3.85. The van der Waals surface area contributed by atoms with Crippen molar-refractivity contribution in [3.8, 4) is 5.75 Å². The van der Waals surface area contributed by atoms with Crippen LogP contribution in [0.2, 0.25) is 0 Å². The van der Waals surface area contributed by atoms with Crippen molar-refractivity contribution in [1.29, 1.82) is 0 Å². The third-order valence-corrected chi connectivity index (χ3v) is 5.57. The number of benzene rings is 2. The minimum Gasteiger partial charge on any atom is -0.497 e. The number of rotatable bonds is 4. The number of ether oxygens (including phenoxy) is 1. The van der Waals surface area contributed by atoms with Crippen LogP contribution in [0, 0.1) is 12.8 Å². The van der Waals surface area contributed by atoms with Gasteiger partial charge in [-0.05, 0) is 50.1 Å². The van der Waals surface area contributed by atoms with E-state index in [4.69, 9.17) is 4.74 Å².